The molecular weight excluding hydrogens is 729 g/mol. The SMILES string of the molecule is CCOC(=O)[C@@H](N=C1C[C@@H]2C[C@@H](C2(C)C)[C@]1(C)O)[C@@H](C)C1=CCc2ccccc21.CCOC(=O)[C@@H](N=C1C[C@@H]2C[C@@H](C2(C)C)[C@]1(C)O)[C@@H](O)C1=CCc2ccccc21. The minimum absolute atomic E-state index is 0.0630. The third kappa shape index (κ3) is 7.13. The number of fused-ring (bicyclic) bond motifs is 6. The third-order valence-electron chi connectivity index (χ3n) is 15.3. The molecule has 0 aliphatic heterocycles. The predicted molar refractivity (Wildman–Crippen MR) is 228 cm³/mol. The van der Waals surface area contributed by atoms with Crippen LogP contribution < -0.4 is 0 Å². The highest BCUT2D eigenvalue weighted by atomic mass is 16.5. The molecule has 8 aliphatic carbocycles. The first-order chi connectivity index (χ1) is 27.3. The van der Waals surface area contributed by atoms with Gasteiger partial charge in [-0.2, -0.15) is 0 Å². The van der Waals surface area contributed by atoms with Gasteiger partial charge in [0.05, 0.1) is 13.2 Å². The Hall–Kier alpha value is -3.92. The molecule has 2 aromatic carbocycles. The lowest BCUT2D eigenvalue weighted by atomic mass is 9.44. The molecule has 0 spiro atoms. The third-order valence-corrected chi connectivity index (χ3v) is 15.3. The number of nitrogens with zero attached hydrogens (tertiary/aromatic N) is 2. The topological polar surface area (TPSA) is 138 Å². The molecule has 10 atom stereocenters. The molecule has 9 nitrogen and oxygen atoms in total. The maximum atomic E-state index is 12.9. The van der Waals surface area contributed by atoms with Gasteiger partial charge < -0.3 is 24.8 Å². The van der Waals surface area contributed by atoms with E-state index in [9.17, 15) is 24.9 Å². The molecule has 8 aliphatic rings. The Morgan fingerprint density at radius 2 is 1.10 bits per heavy atom. The van der Waals surface area contributed by atoms with E-state index >= 15 is 0 Å². The van der Waals surface area contributed by atoms with Gasteiger partial charge >= 0.3 is 11.9 Å². The van der Waals surface area contributed by atoms with Gasteiger partial charge in [-0.05, 0) is 134 Å². The van der Waals surface area contributed by atoms with Crippen molar-refractivity contribution in [3.8, 4) is 0 Å². The Bertz CT molecular complexity index is 1910. The number of aliphatic hydroxyl groups excluding tert-OH is 1. The van der Waals surface area contributed by atoms with Crippen LogP contribution in [0.4, 0.5) is 0 Å². The number of ether oxygens (including phenoxy) is 2. The lowest BCUT2D eigenvalue weighted by Gasteiger charge is -2.62. The van der Waals surface area contributed by atoms with E-state index < -0.39 is 35.4 Å². The molecule has 9 heteroatoms. The van der Waals surface area contributed by atoms with Crippen molar-refractivity contribution in [1.82, 2.24) is 0 Å². The van der Waals surface area contributed by atoms with Gasteiger partial charge in [-0.25, -0.2) is 9.59 Å². The van der Waals surface area contributed by atoms with Gasteiger partial charge in [0.2, 0.25) is 0 Å². The normalized spacial score (nSPS) is 32.8. The maximum Gasteiger partial charge on any atom is 0.333 e. The molecule has 6 saturated carbocycles. The van der Waals surface area contributed by atoms with Crippen molar-refractivity contribution in [1.29, 1.82) is 0 Å². The van der Waals surface area contributed by atoms with E-state index in [0.29, 0.717) is 36.1 Å². The molecular formula is C49H64N2O7. The monoisotopic (exact) mass is 792 g/mol. The van der Waals surface area contributed by atoms with E-state index in [-0.39, 0.29) is 41.2 Å². The van der Waals surface area contributed by atoms with Gasteiger partial charge in [-0.1, -0.05) is 95.3 Å². The fourth-order valence-electron chi connectivity index (χ4n) is 11.4. The van der Waals surface area contributed by atoms with Crippen molar-refractivity contribution in [3.05, 3.63) is 82.9 Å². The molecule has 0 amide bonds. The van der Waals surface area contributed by atoms with Crippen LogP contribution >= 0.6 is 0 Å². The van der Waals surface area contributed by atoms with Crippen LogP contribution in [0.3, 0.4) is 0 Å². The number of hydrogen-bond acceptors (Lipinski definition) is 9. The van der Waals surface area contributed by atoms with E-state index in [2.05, 4.69) is 63.9 Å². The molecule has 0 heterocycles. The molecule has 0 radical (unpaired) electrons. The van der Waals surface area contributed by atoms with Gasteiger partial charge in [0.15, 0.2) is 12.1 Å². The summed E-state index contributed by atoms with van der Waals surface area (Å²) in [4.78, 5) is 35.3. The molecule has 58 heavy (non-hydrogen) atoms. The van der Waals surface area contributed by atoms with Crippen LogP contribution in [0.2, 0.25) is 0 Å². The van der Waals surface area contributed by atoms with Crippen LogP contribution in [0.25, 0.3) is 11.1 Å². The molecule has 6 fully saturated rings. The fraction of sp³-hybridized carbons (Fsp3) is 0.592. The zero-order valence-corrected chi connectivity index (χ0v) is 35.9. The molecule has 10 rings (SSSR count). The van der Waals surface area contributed by atoms with Crippen LogP contribution in [0.1, 0.15) is 110 Å². The Balaban J connectivity index is 0.000000177. The maximum absolute atomic E-state index is 12.9. The second-order valence-corrected chi connectivity index (χ2v) is 19.1. The summed E-state index contributed by atoms with van der Waals surface area (Å²) in [6, 6.07) is 14.5. The second-order valence-electron chi connectivity index (χ2n) is 19.1. The summed E-state index contributed by atoms with van der Waals surface area (Å²) < 4.78 is 10.7. The van der Waals surface area contributed by atoms with Crippen LogP contribution in [0.5, 0.6) is 0 Å². The van der Waals surface area contributed by atoms with Crippen LogP contribution in [0.15, 0.2) is 70.7 Å². The first-order valence-corrected chi connectivity index (χ1v) is 21.5. The Labute approximate surface area is 344 Å². The van der Waals surface area contributed by atoms with Crippen molar-refractivity contribution in [3.63, 3.8) is 0 Å². The molecule has 312 valence electrons. The van der Waals surface area contributed by atoms with Crippen LogP contribution in [-0.4, -0.2) is 81.3 Å². The minimum atomic E-state index is -1.10. The van der Waals surface area contributed by atoms with Crippen molar-refractivity contribution >= 4 is 34.5 Å². The first kappa shape index (κ1) is 42.2. The molecule has 0 saturated heterocycles. The highest BCUT2D eigenvalue weighted by Gasteiger charge is 2.63. The number of carbonyl (C=O) groups excluding carboxylic acids is 2. The summed E-state index contributed by atoms with van der Waals surface area (Å²) in [7, 11) is 0. The van der Waals surface area contributed by atoms with E-state index in [1.807, 2.05) is 50.3 Å². The quantitative estimate of drug-likeness (QED) is 0.211. The number of aliphatic imine (C=N–C) groups is 2. The van der Waals surface area contributed by atoms with E-state index in [0.717, 1.165) is 54.5 Å². The fourth-order valence-corrected chi connectivity index (χ4v) is 11.4. The summed E-state index contributed by atoms with van der Waals surface area (Å²) in [6.45, 7) is 18.7. The highest BCUT2D eigenvalue weighted by molar-refractivity contribution is 5.98. The predicted octanol–water partition coefficient (Wildman–Crippen LogP) is 7.63. The number of benzene rings is 2. The van der Waals surface area contributed by atoms with Gasteiger partial charge in [0.1, 0.15) is 17.3 Å². The lowest BCUT2D eigenvalue weighted by Crippen LogP contribution is -2.65. The van der Waals surface area contributed by atoms with Crippen LogP contribution in [-0.2, 0) is 31.9 Å². The van der Waals surface area contributed by atoms with Crippen LogP contribution in [0, 0.1) is 40.4 Å². The molecule has 3 N–H and O–H groups in total. The largest absolute Gasteiger partial charge is 0.464 e. The Morgan fingerprint density at radius 1 is 0.690 bits per heavy atom. The lowest BCUT2D eigenvalue weighted by molar-refractivity contribution is -0.147. The smallest absolute Gasteiger partial charge is 0.333 e. The number of allylic oxidation sites excluding steroid dienone is 2. The molecule has 2 aromatic rings. The van der Waals surface area contributed by atoms with Crippen molar-refractivity contribution in [2.45, 2.75) is 130 Å². The van der Waals surface area contributed by atoms with Crippen molar-refractivity contribution in [2.24, 2.45) is 50.4 Å². The number of carbonyl (C=O) groups is 2. The average Bonchev–Trinajstić information content (AvgIpc) is 3.81. The highest BCUT2D eigenvalue weighted by Crippen LogP contribution is 2.63. The second kappa shape index (κ2) is 15.6. The zero-order valence-electron chi connectivity index (χ0n) is 35.9. The molecule has 0 unspecified atom stereocenters. The van der Waals surface area contributed by atoms with Crippen molar-refractivity contribution < 1.29 is 34.4 Å². The Kier molecular flexibility index (Phi) is 11.4. The number of aliphatic hydroxyl groups is 3. The minimum Gasteiger partial charge on any atom is -0.464 e. The van der Waals surface area contributed by atoms with Gasteiger partial charge in [0.25, 0.3) is 0 Å². The van der Waals surface area contributed by atoms with Crippen molar-refractivity contribution in [2.75, 3.05) is 13.2 Å². The summed E-state index contributed by atoms with van der Waals surface area (Å²) >= 11 is 0. The van der Waals surface area contributed by atoms with Gasteiger partial charge in [-0.15, -0.1) is 0 Å². The van der Waals surface area contributed by atoms with E-state index in [4.69, 9.17) is 14.5 Å². The molecule has 0 aromatic heterocycles. The van der Waals surface area contributed by atoms with Gasteiger partial charge in [-0.3, -0.25) is 9.98 Å². The summed E-state index contributed by atoms with van der Waals surface area (Å²) in [5.41, 5.74) is 5.97. The Morgan fingerprint density at radius 3 is 1.55 bits per heavy atom. The molecule has 4 bridgehead atoms. The zero-order chi connectivity index (χ0) is 41.9. The summed E-state index contributed by atoms with van der Waals surface area (Å²) in [6.07, 6.45) is 8.10. The summed E-state index contributed by atoms with van der Waals surface area (Å²) in [5.74, 6) is 0.316. The number of esters is 2. The summed E-state index contributed by atoms with van der Waals surface area (Å²) in [5, 5.41) is 33.8. The number of hydrogen-bond donors (Lipinski definition) is 3. The van der Waals surface area contributed by atoms with Gasteiger partial charge in [0, 0.05) is 17.3 Å². The standard InChI is InChI=1S/C25H33NO3.C24H31NO4/c1-6-29-23(27)22(15(2)18-12-11-16-9-7-8-10-19(16)18)26-21-14-17-13-20(24(17,3)4)25(21,5)28;1-5-29-22(27)20(21(26)17-11-10-14-8-6-7-9-16(14)17)25-19-13-15-12-18(23(15,2)3)24(19,4)28/h7-10,12,15,17,20,22,28H,6,11,13-14H2,1-5H3;6-9,11,15,18,20-21,26,28H,5,10,12-13H2,1-4H3/t15-,17-,20-,22-,25-;15-,18-,20-,21-,24-/m00/s1. The first-order valence-electron chi connectivity index (χ1n) is 21.5. The average molecular weight is 793 g/mol. The van der Waals surface area contributed by atoms with E-state index in [1.165, 1.54) is 11.1 Å². The van der Waals surface area contributed by atoms with E-state index in [1.54, 1.807) is 13.8 Å². The number of rotatable bonds is 10.